The Morgan fingerprint density at radius 1 is 1.55 bits per heavy atom. The van der Waals surface area contributed by atoms with E-state index in [1.807, 2.05) is 6.07 Å². The van der Waals surface area contributed by atoms with Crippen LogP contribution in [0.15, 0.2) is 24.5 Å². The monoisotopic (exact) mass is 146 g/mol. The van der Waals surface area contributed by atoms with Crippen LogP contribution in [-0.4, -0.2) is 11.3 Å². The van der Waals surface area contributed by atoms with E-state index in [-0.39, 0.29) is 0 Å². The molecule has 0 aliphatic rings. The first-order valence-electron chi connectivity index (χ1n) is 3.13. The molecule has 0 radical (unpaired) electrons. The summed E-state index contributed by atoms with van der Waals surface area (Å²) in [5.74, 6) is -0.655. The van der Waals surface area contributed by atoms with E-state index in [1.54, 1.807) is 24.5 Å². The highest BCUT2D eigenvalue weighted by Crippen LogP contribution is 2.09. The van der Waals surface area contributed by atoms with Crippen LogP contribution >= 0.6 is 0 Å². The normalized spacial score (nSPS) is 11.5. The Morgan fingerprint density at radius 2 is 2.18 bits per heavy atom. The lowest BCUT2D eigenvalue weighted by atomic mass is 10.0. The third-order valence-electron chi connectivity index (χ3n) is 1.34. The predicted molar refractivity (Wildman–Crippen MR) is 38.7 cm³/mol. The summed E-state index contributed by atoms with van der Waals surface area (Å²) < 4.78 is 0. The summed E-state index contributed by atoms with van der Waals surface area (Å²) in [7, 11) is 0. The Labute approximate surface area is 64.3 Å². The highest BCUT2D eigenvalue weighted by atomic mass is 16.1. The first-order valence-corrected chi connectivity index (χ1v) is 3.13. The lowest BCUT2D eigenvalue weighted by Gasteiger charge is -1.97. The number of hydrogen-bond acceptors (Lipinski definition) is 3. The summed E-state index contributed by atoms with van der Waals surface area (Å²) in [5.41, 5.74) is 0.692. The molecule has 3 heteroatoms. The van der Waals surface area contributed by atoms with Gasteiger partial charge in [0.1, 0.15) is 12.2 Å². The highest BCUT2D eigenvalue weighted by Gasteiger charge is 2.06. The van der Waals surface area contributed by atoms with Crippen molar-refractivity contribution in [3.8, 4) is 6.07 Å². The van der Waals surface area contributed by atoms with E-state index in [4.69, 9.17) is 5.26 Å². The molecule has 0 saturated carbocycles. The lowest BCUT2D eigenvalue weighted by Crippen LogP contribution is -1.95. The number of nitriles is 1. The molecule has 0 N–H and O–H groups in total. The van der Waals surface area contributed by atoms with E-state index in [9.17, 15) is 4.79 Å². The molecule has 1 aromatic rings. The van der Waals surface area contributed by atoms with Gasteiger partial charge in [-0.25, -0.2) is 0 Å². The average molecular weight is 146 g/mol. The molecule has 1 aromatic heterocycles. The summed E-state index contributed by atoms with van der Waals surface area (Å²) in [6.45, 7) is 0. The van der Waals surface area contributed by atoms with Crippen LogP contribution in [-0.2, 0) is 4.79 Å². The minimum absolute atomic E-state index is 0.620. The highest BCUT2D eigenvalue weighted by molar-refractivity contribution is 5.66. The average Bonchev–Trinajstić information content (AvgIpc) is 2.09. The SMILES string of the molecule is N#CC(C=O)c1ccncc1. The van der Waals surface area contributed by atoms with Crippen molar-refractivity contribution in [2.24, 2.45) is 0 Å². The van der Waals surface area contributed by atoms with Gasteiger partial charge >= 0.3 is 0 Å². The molecular weight excluding hydrogens is 140 g/mol. The molecular formula is C8H6N2O. The summed E-state index contributed by atoms with van der Waals surface area (Å²) in [6.07, 6.45) is 3.74. The molecule has 0 saturated heterocycles. The van der Waals surface area contributed by atoms with E-state index in [1.165, 1.54) is 0 Å². The van der Waals surface area contributed by atoms with E-state index in [2.05, 4.69) is 4.98 Å². The van der Waals surface area contributed by atoms with Gasteiger partial charge in [0.05, 0.1) is 6.07 Å². The van der Waals surface area contributed by atoms with Crippen LogP contribution in [0.4, 0.5) is 0 Å². The zero-order valence-corrected chi connectivity index (χ0v) is 5.77. The number of aldehydes is 1. The van der Waals surface area contributed by atoms with Crippen molar-refractivity contribution in [3.63, 3.8) is 0 Å². The fraction of sp³-hybridized carbons (Fsp3) is 0.125. The summed E-state index contributed by atoms with van der Waals surface area (Å²) in [6, 6.07) is 5.18. The third-order valence-corrected chi connectivity index (χ3v) is 1.34. The molecule has 1 atom stereocenters. The number of pyridine rings is 1. The molecule has 11 heavy (non-hydrogen) atoms. The number of nitrogens with zero attached hydrogens (tertiary/aromatic N) is 2. The van der Waals surface area contributed by atoms with Crippen molar-refractivity contribution in [1.29, 1.82) is 5.26 Å². The van der Waals surface area contributed by atoms with Crippen molar-refractivity contribution in [3.05, 3.63) is 30.1 Å². The van der Waals surface area contributed by atoms with Crippen LogP contribution in [0.5, 0.6) is 0 Å². The molecule has 0 aliphatic carbocycles. The van der Waals surface area contributed by atoms with E-state index in [0.29, 0.717) is 11.8 Å². The molecule has 3 nitrogen and oxygen atoms in total. The Hall–Kier alpha value is -1.69. The molecule has 0 spiro atoms. The Bertz CT molecular complexity index is 276. The van der Waals surface area contributed by atoms with Gasteiger partial charge in [0, 0.05) is 12.4 Å². The van der Waals surface area contributed by atoms with Gasteiger partial charge in [-0.15, -0.1) is 0 Å². The smallest absolute Gasteiger partial charge is 0.141 e. The number of carbonyl (C=O) groups is 1. The van der Waals surface area contributed by atoms with Crippen molar-refractivity contribution < 1.29 is 4.79 Å². The second kappa shape index (κ2) is 3.47. The number of aromatic nitrogens is 1. The maximum atomic E-state index is 10.3. The Kier molecular flexibility index (Phi) is 2.34. The molecule has 54 valence electrons. The first kappa shape index (κ1) is 7.42. The van der Waals surface area contributed by atoms with Gasteiger partial charge in [0.2, 0.25) is 0 Å². The molecule has 1 heterocycles. The van der Waals surface area contributed by atoms with Crippen LogP contribution in [0, 0.1) is 11.3 Å². The fourth-order valence-corrected chi connectivity index (χ4v) is 0.754. The molecule has 0 bridgehead atoms. The number of rotatable bonds is 2. The second-order valence-electron chi connectivity index (χ2n) is 2.02. The third kappa shape index (κ3) is 1.62. The van der Waals surface area contributed by atoms with Gasteiger partial charge < -0.3 is 4.79 Å². The first-order chi connectivity index (χ1) is 5.38. The topological polar surface area (TPSA) is 53.8 Å². The predicted octanol–water partition coefficient (Wildman–Crippen LogP) is 0.888. The maximum absolute atomic E-state index is 10.3. The summed E-state index contributed by atoms with van der Waals surface area (Å²) >= 11 is 0. The van der Waals surface area contributed by atoms with Crippen molar-refractivity contribution in [1.82, 2.24) is 4.98 Å². The Morgan fingerprint density at radius 3 is 2.64 bits per heavy atom. The van der Waals surface area contributed by atoms with Gasteiger partial charge in [-0.3, -0.25) is 4.98 Å². The standard InChI is InChI=1S/C8H6N2O/c9-5-8(6-11)7-1-3-10-4-2-7/h1-4,6,8H. The van der Waals surface area contributed by atoms with Crippen LogP contribution in [0.2, 0.25) is 0 Å². The molecule has 0 fully saturated rings. The molecule has 0 aliphatic heterocycles. The molecule has 1 unspecified atom stereocenters. The minimum atomic E-state index is -0.655. The van der Waals surface area contributed by atoms with Gasteiger partial charge in [-0.2, -0.15) is 5.26 Å². The zero-order valence-electron chi connectivity index (χ0n) is 5.77. The van der Waals surface area contributed by atoms with Gasteiger partial charge in [0.25, 0.3) is 0 Å². The summed E-state index contributed by atoms with van der Waals surface area (Å²) in [5, 5.41) is 8.48. The van der Waals surface area contributed by atoms with Crippen LogP contribution in [0.25, 0.3) is 0 Å². The summed E-state index contributed by atoms with van der Waals surface area (Å²) in [4.78, 5) is 14.1. The van der Waals surface area contributed by atoms with Crippen molar-refractivity contribution in [2.45, 2.75) is 5.92 Å². The fourth-order valence-electron chi connectivity index (χ4n) is 0.754. The van der Waals surface area contributed by atoms with Crippen molar-refractivity contribution in [2.75, 3.05) is 0 Å². The van der Waals surface area contributed by atoms with Gasteiger partial charge in [0.15, 0.2) is 0 Å². The van der Waals surface area contributed by atoms with Crippen LogP contribution < -0.4 is 0 Å². The second-order valence-corrected chi connectivity index (χ2v) is 2.02. The number of carbonyl (C=O) groups excluding carboxylic acids is 1. The minimum Gasteiger partial charge on any atom is -0.302 e. The lowest BCUT2D eigenvalue weighted by molar-refractivity contribution is -0.108. The Balaban J connectivity index is 2.93. The van der Waals surface area contributed by atoms with Crippen LogP contribution in [0.3, 0.4) is 0 Å². The van der Waals surface area contributed by atoms with E-state index >= 15 is 0 Å². The maximum Gasteiger partial charge on any atom is 0.141 e. The largest absolute Gasteiger partial charge is 0.302 e. The van der Waals surface area contributed by atoms with Crippen LogP contribution in [0.1, 0.15) is 11.5 Å². The van der Waals surface area contributed by atoms with Gasteiger partial charge in [-0.1, -0.05) is 0 Å². The van der Waals surface area contributed by atoms with Crippen molar-refractivity contribution >= 4 is 6.29 Å². The van der Waals surface area contributed by atoms with E-state index in [0.717, 1.165) is 0 Å². The van der Waals surface area contributed by atoms with E-state index < -0.39 is 5.92 Å². The molecule has 1 rings (SSSR count). The quantitative estimate of drug-likeness (QED) is 0.582. The molecule has 0 aromatic carbocycles. The number of hydrogen-bond donors (Lipinski definition) is 0. The zero-order chi connectivity index (χ0) is 8.10. The molecule has 0 amide bonds. The van der Waals surface area contributed by atoms with Gasteiger partial charge in [-0.05, 0) is 17.7 Å².